The van der Waals surface area contributed by atoms with Crippen LogP contribution in [0.25, 0.3) is 100 Å². The van der Waals surface area contributed by atoms with Gasteiger partial charge in [-0.1, -0.05) is 152 Å². The molecule has 0 N–H and O–H groups in total. The van der Waals surface area contributed by atoms with E-state index in [1.165, 1.54) is 21.9 Å². The van der Waals surface area contributed by atoms with Crippen LogP contribution in [0.3, 0.4) is 0 Å². The maximum atomic E-state index is 14.2. The molecule has 0 saturated heterocycles. The molecule has 0 bridgehead atoms. The lowest BCUT2D eigenvalue weighted by Crippen LogP contribution is -2.13. The topological polar surface area (TPSA) is 52.7 Å². The molecule has 0 atom stereocenters. The summed E-state index contributed by atoms with van der Waals surface area (Å²) in [6.45, 7) is 0. The predicted molar refractivity (Wildman–Crippen MR) is 239 cm³/mol. The number of hydrogen-bond donors (Lipinski definition) is 0. The molecule has 0 aliphatic carbocycles. The highest BCUT2D eigenvalue weighted by molar-refractivity contribution is 6.10. The smallest absolute Gasteiger partial charge is 0.235 e. The number of benzene rings is 8. The van der Waals surface area contributed by atoms with Gasteiger partial charge in [0.25, 0.3) is 0 Å². The molecular formula is C53H34N4O. The fourth-order valence-corrected chi connectivity index (χ4v) is 8.35. The Labute approximate surface area is 334 Å². The molecule has 5 nitrogen and oxygen atoms in total. The zero-order chi connectivity index (χ0) is 38.6. The van der Waals surface area contributed by atoms with Crippen LogP contribution in [0.4, 0.5) is 0 Å². The number of hydrogen-bond acceptors (Lipinski definition) is 3. The summed E-state index contributed by atoms with van der Waals surface area (Å²) in [5, 5.41) is 3.59. The van der Waals surface area contributed by atoms with Gasteiger partial charge in [-0.15, -0.1) is 0 Å². The van der Waals surface area contributed by atoms with Crippen molar-refractivity contribution in [3.05, 3.63) is 216 Å². The van der Waals surface area contributed by atoms with Gasteiger partial charge >= 0.3 is 0 Å². The first-order valence-corrected chi connectivity index (χ1v) is 19.5. The van der Waals surface area contributed by atoms with Crippen molar-refractivity contribution in [1.82, 2.24) is 19.1 Å². The van der Waals surface area contributed by atoms with Crippen LogP contribution < -0.4 is 5.43 Å². The Hall–Kier alpha value is -7.89. The van der Waals surface area contributed by atoms with Crippen LogP contribution in [0, 0.1) is 0 Å². The normalized spacial score (nSPS) is 11.5. The monoisotopic (exact) mass is 742 g/mol. The first-order chi connectivity index (χ1) is 28.7. The summed E-state index contributed by atoms with van der Waals surface area (Å²) in [6, 6.07) is 70.8. The van der Waals surface area contributed by atoms with Crippen LogP contribution in [-0.4, -0.2) is 19.1 Å². The van der Waals surface area contributed by atoms with Gasteiger partial charge in [-0.3, -0.25) is 9.36 Å². The molecule has 8 aromatic carbocycles. The van der Waals surface area contributed by atoms with Gasteiger partial charge in [0.1, 0.15) is 0 Å². The van der Waals surface area contributed by atoms with E-state index in [0.717, 1.165) is 61.4 Å². The molecule has 3 heterocycles. The maximum Gasteiger partial charge on any atom is 0.235 e. The fourth-order valence-electron chi connectivity index (χ4n) is 8.35. The van der Waals surface area contributed by atoms with E-state index in [1.54, 1.807) is 0 Å². The summed E-state index contributed by atoms with van der Waals surface area (Å²) in [5.41, 5.74) is 12.7. The summed E-state index contributed by atoms with van der Waals surface area (Å²) in [5.74, 6) is 0.494. The summed E-state index contributed by atoms with van der Waals surface area (Å²) >= 11 is 0. The van der Waals surface area contributed by atoms with E-state index in [-0.39, 0.29) is 5.43 Å². The highest BCUT2D eigenvalue weighted by Gasteiger charge is 2.19. The third kappa shape index (κ3) is 5.60. The standard InChI is InChI=1S/C53H34N4O/c58-52-44-21-11-13-23-49(44)57(53-54-46(37-16-6-2-7-17-37)34-47(55-53)38-18-8-3-9-19-38)51-33-40(27-31-45(51)52)39-26-30-43-42-20-10-12-22-48(42)56(50(43)32-39)41-28-24-36(25-29-41)35-14-4-1-5-15-35/h1-34H. The van der Waals surface area contributed by atoms with Crippen molar-refractivity contribution in [2.24, 2.45) is 0 Å². The van der Waals surface area contributed by atoms with E-state index in [4.69, 9.17) is 9.97 Å². The SMILES string of the molecule is O=c1c2ccccc2n(-c2nc(-c3ccccc3)cc(-c3ccccc3)n2)c2cc(-c3ccc4c5ccccc5n(-c5ccc(-c6ccccc6)cc5)c4c3)ccc12. The lowest BCUT2D eigenvalue weighted by Gasteiger charge is -2.17. The van der Waals surface area contributed by atoms with Crippen molar-refractivity contribution in [1.29, 1.82) is 0 Å². The van der Waals surface area contributed by atoms with E-state index < -0.39 is 0 Å². The molecule has 0 saturated carbocycles. The van der Waals surface area contributed by atoms with Gasteiger partial charge < -0.3 is 4.57 Å². The largest absolute Gasteiger partial charge is 0.309 e. The van der Waals surface area contributed by atoms with Crippen molar-refractivity contribution in [2.45, 2.75) is 0 Å². The zero-order valence-corrected chi connectivity index (χ0v) is 31.3. The van der Waals surface area contributed by atoms with Gasteiger partial charge in [-0.25, -0.2) is 9.97 Å². The second kappa shape index (κ2) is 13.7. The average molecular weight is 743 g/mol. The minimum atomic E-state index is -0.0228. The number of rotatable bonds is 6. The van der Waals surface area contributed by atoms with E-state index in [2.05, 4.69) is 137 Å². The van der Waals surface area contributed by atoms with Crippen LogP contribution in [0.5, 0.6) is 0 Å². The van der Waals surface area contributed by atoms with Crippen molar-refractivity contribution in [3.63, 3.8) is 0 Å². The molecule has 272 valence electrons. The quantitative estimate of drug-likeness (QED) is 0.159. The lowest BCUT2D eigenvalue weighted by atomic mass is 10.0. The fraction of sp³-hybridized carbons (Fsp3) is 0. The van der Waals surface area contributed by atoms with Crippen molar-refractivity contribution in [2.75, 3.05) is 0 Å². The third-order valence-corrected chi connectivity index (χ3v) is 11.2. The summed E-state index contributed by atoms with van der Waals surface area (Å²) < 4.78 is 4.40. The highest BCUT2D eigenvalue weighted by Crippen LogP contribution is 2.37. The van der Waals surface area contributed by atoms with E-state index in [0.29, 0.717) is 16.7 Å². The van der Waals surface area contributed by atoms with Gasteiger partial charge in [0.15, 0.2) is 5.43 Å². The van der Waals surface area contributed by atoms with Gasteiger partial charge in [0.2, 0.25) is 5.95 Å². The van der Waals surface area contributed by atoms with Crippen molar-refractivity contribution in [3.8, 4) is 56.4 Å². The molecule has 58 heavy (non-hydrogen) atoms. The second-order valence-electron chi connectivity index (χ2n) is 14.6. The molecule has 0 aliphatic rings. The van der Waals surface area contributed by atoms with Gasteiger partial charge in [0.05, 0.1) is 33.5 Å². The third-order valence-electron chi connectivity index (χ3n) is 11.2. The molecule has 11 aromatic rings. The van der Waals surface area contributed by atoms with Gasteiger partial charge in [0, 0.05) is 38.4 Å². The van der Waals surface area contributed by atoms with Crippen molar-refractivity contribution >= 4 is 43.6 Å². The number of fused-ring (bicyclic) bond motifs is 5. The van der Waals surface area contributed by atoms with E-state index >= 15 is 0 Å². The molecule has 5 heteroatoms. The molecule has 0 spiro atoms. The van der Waals surface area contributed by atoms with Crippen LogP contribution >= 0.6 is 0 Å². The molecule has 11 rings (SSSR count). The van der Waals surface area contributed by atoms with Crippen LogP contribution in [0.2, 0.25) is 0 Å². The summed E-state index contributed by atoms with van der Waals surface area (Å²) in [7, 11) is 0. The van der Waals surface area contributed by atoms with E-state index in [1.807, 2.05) is 78.9 Å². The number of pyridine rings is 1. The lowest BCUT2D eigenvalue weighted by molar-refractivity contribution is 0.989. The van der Waals surface area contributed by atoms with Crippen molar-refractivity contribution < 1.29 is 0 Å². The van der Waals surface area contributed by atoms with Crippen LogP contribution in [0.15, 0.2) is 211 Å². The molecule has 0 radical (unpaired) electrons. The molecular weight excluding hydrogens is 709 g/mol. The minimum absolute atomic E-state index is 0.0228. The first kappa shape index (κ1) is 33.4. The highest BCUT2D eigenvalue weighted by atomic mass is 16.1. The average Bonchev–Trinajstić information content (AvgIpc) is 3.63. The summed E-state index contributed by atoms with van der Waals surface area (Å²) in [4.78, 5) is 24.7. The number of aromatic nitrogens is 4. The Kier molecular flexibility index (Phi) is 7.90. The number of para-hydroxylation sites is 2. The van der Waals surface area contributed by atoms with E-state index in [9.17, 15) is 4.79 Å². The Bertz CT molecular complexity index is 3330. The molecule has 0 unspecified atom stereocenters. The Morgan fingerprint density at radius 1 is 0.310 bits per heavy atom. The Morgan fingerprint density at radius 3 is 1.33 bits per heavy atom. The molecule has 0 amide bonds. The minimum Gasteiger partial charge on any atom is -0.309 e. The van der Waals surface area contributed by atoms with Gasteiger partial charge in [-0.05, 0) is 76.9 Å². The second-order valence-corrected chi connectivity index (χ2v) is 14.6. The zero-order valence-electron chi connectivity index (χ0n) is 31.3. The van der Waals surface area contributed by atoms with Crippen LogP contribution in [0.1, 0.15) is 0 Å². The predicted octanol–water partition coefficient (Wildman–Crippen LogP) is 12.7. The molecule has 3 aromatic heterocycles. The first-order valence-electron chi connectivity index (χ1n) is 19.5. The van der Waals surface area contributed by atoms with Crippen LogP contribution in [-0.2, 0) is 0 Å². The van der Waals surface area contributed by atoms with Gasteiger partial charge in [-0.2, -0.15) is 0 Å². The Balaban J connectivity index is 1.13. The summed E-state index contributed by atoms with van der Waals surface area (Å²) in [6.07, 6.45) is 0. The molecule has 0 aliphatic heterocycles. The molecule has 0 fully saturated rings. The number of nitrogens with zero attached hydrogens (tertiary/aromatic N) is 4. The Morgan fingerprint density at radius 2 is 0.724 bits per heavy atom. The maximum absolute atomic E-state index is 14.2.